The molecule has 0 spiro atoms. The van der Waals surface area contributed by atoms with Crippen molar-refractivity contribution in [1.82, 2.24) is 0 Å². The van der Waals surface area contributed by atoms with Crippen molar-refractivity contribution in [3.05, 3.63) is 53.5 Å². The van der Waals surface area contributed by atoms with Crippen LogP contribution in [-0.2, 0) is 11.3 Å². The standard InChI is InChI=1S/C15H19NO2/c1-11-7-8-15(18-11)10-16-14-6-4-5-13(9-14)12(2)17-3/h4-9,12,16H,10H2,1-3H3. The van der Waals surface area contributed by atoms with Gasteiger partial charge < -0.3 is 14.5 Å². The maximum Gasteiger partial charge on any atom is 0.123 e. The summed E-state index contributed by atoms with van der Waals surface area (Å²) in [6.07, 6.45) is 0.109. The fourth-order valence-electron chi connectivity index (χ4n) is 1.81. The molecule has 1 aromatic heterocycles. The van der Waals surface area contributed by atoms with Gasteiger partial charge in [0.15, 0.2) is 0 Å². The Labute approximate surface area is 108 Å². The maximum absolute atomic E-state index is 5.52. The number of methoxy groups -OCH3 is 1. The molecule has 0 amide bonds. The highest BCUT2D eigenvalue weighted by Crippen LogP contribution is 2.20. The first-order chi connectivity index (χ1) is 8.69. The molecule has 1 atom stereocenters. The highest BCUT2D eigenvalue weighted by atomic mass is 16.5. The molecule has 0 saturated carbocycles. The zero-order chi connectivity index (χ0) is 13.0. The van der Waals surface area contributed by atoms with Crippen molar-refractivity contribution in [2.24, 2.45) is 0 Å². The van der Waals surface area contributed by atoms with Crippen molar-refractivity contribution in [3.8, 4) is 0 Å². The molecule has 2 rings (SSSR count). The van der Waals surface area contributed by atoms with Crippen molar-refractivity contribution in [1.29, 1.82) is 0 Å². The monoisotopic (exact) mass is 245 g/mol. The Bertz CT molecular complexity index is 505. The van der Waals surface area contributed by atoms with Crippen LogP contribution in [0.25, 0.3) is 0 Å². The molecule has 1 unspecified atom stereocenters. The highest BCUT2D eigenvalue weighted by molar-refractivity contribution is 5.46. The Kier molecular flexibility index (Phi) is 4.05. The number of furan rings is 1. The second kappa shape index (κ2) is 5.74. The highest BCUT2D eigenvalue weighted by Gasteiger charge is 2.04. The van der Waals surface area contributed by atoms with E-state index in [1.807, 2.05) is 38.1 Å². The third-order valence-electron chi connectivity index (χ3n) is 2.97. The summed E-state index contributed by atoms with van der Waals surface area (Å²) in [6.45, 7) is 4.68. The van der Waals surface area contributed by atoms with E-state index in [0.29, 0.717) is 6.54 Å². The molecule has 18 heavy (non-hydrogen) atoms. The van der Waals surface area contributed by atoms with Gasteiger partial charge in [-0.05, 0) is 43.7 Å². The summed E-state index contributed by atoms with van der Waals surface area (Å²) in [6, 6.07) is 12.2. The summed E-state index contributed by atoms with van der Waals surface area (Å²) >= 11 is 0. The molecule has 0 radical (unpaired) electrons. The zero-order valence-electron chi connectivity index (χ0n) is 11.1. The van der Waals surface area contributed by atoms with Gasteiger partial charge in [0.1, 0.15) is 11.5 Å². The van der Waals surface area contributed by atoms with Gasteiger partial charge in [-0.2, -0.15) is 0 Å². The van der Waals surface area contributed by atoms with E-state index in [4.69, 9.17) is 9.15 Å². The van der Waals surface area contributed by atoms with E-state index in [1.165, 1.54) is 0 Å². The van der Waals surface area contributed by atoms with Crippen LogP contribution in [0, 0.1) is 6.92 Å². The van der Waals surface area contributed by atoms with Crippen LogP contribution >= 0.6 is 0 Å². The lowest BCUT2D eigenvalue weighted by atomic mass is 10.1. The Balaban J connectivity index is 2.01. The third-order valence-corrected chi connectivity index (χ3v) is 2.97. The van der Waals surface area contributed by atoms with Crippen LogP contribution in [-0.4, -0.2) is 7.11 Å². The number of rotatable bonds is 5. The van der Waals surface area contributed by atoms with Crippen LogP contribution in [0.3, 0.4) is 0 Å². The minimum absolute atomic E-state index is 0.109. The van der Waals surface area contributed by atoms with Crippen molar-refractivity contribution >= 4 is 5.69 Å². The van der Waals surface area contributed by atoms with Gasteiger partial charge in [0, 0.05) is 12.8 Å². The molecular formula is C15H19NO2. The molecule has 0 fully saturated rings. The quantitative estimate of drug-likeness (QED) is 0.867. The molecule has 96 valence electrons. The Morgan fingerprint density at radius 1 is 1.28 bits per heavy atom. The molecule has 3 nitrogen and oxygen atoms in total. The van der Waals surface area contributed by atoms with Crippen LogP contribution in [0.15, 0.2) is 40.8 Å². The minimum atomic E-state index is 0.109. The first-order valence-corrected chi connectivity index (χ1v) is 6.11. The van der Waals surface area contributed by atoms with E-state index >= 15 is 0 Å². The van der Waals surface area contributed by atoms with Gasteiger partial charge in [-0.15, -0.1) is 0 Å². The molecule has 1 heterocycles. The summed E-state index contributed by atoms with van der Waals surface area (Å²) in [5.74, 6) is 1.88. The van der Waals surface area contributed by atoms with Crippen molar-refractivity contribution in [3.63, 3.8) is 0 Å². The van der Waals surface area contributed by atoms with E-state index < -0.39 is 0 Å². The molecule has 0 aliphatic carbocycles. The maximum atomic E-state index is 5.52. The average molecular weight is 245 g/mol. The molecule has 2 aromatic rings. The molecule has 0 saturated heterocycles. The summed E-state index contributed by atoms with van der Waals surface area (Å²) in [4.78, 5) is 0. The van der Waals surface area contributed by atoms with Gasteiger partial charge in [0.2, 0.25) is 0 Å². The van der Waals surface area contributed by atoms with E-state index in [-0.39, 0.29) is 6.10 Å². The lowest BCUT2D eigenvalue weighted by Gasteiger charge is -2.12. The minimum Gasteiger partial charge on any atom is -0.465 e. The van der Waals surface area contributed by atoms with Gasteiger partial charge in [0.25, 0.3) is 0 Å². The van der Waals surface area contributed by atoms with E-state index in [0.717, 1.165) is 22.8 Å². The topological polar surface area (TPSA) is 34.4 Å². The molecule has 0 aliphatic heterocycles. The van der Waals surface area contributed by atoms with Crippen molar-refractivity contribution in [2.75, 3.05) is 12.4 Å². The Morgan fingerprint density at radius 2 is 2.11 bits per heavy atom. The number of anilines is 1. The lowest BCUT2D eigenvalue weighted by molar-refractivity contribution is 0.119. The summed E-state index contributed by atoms with van der Waals surface area (Å²) in [5.41, 5.74) is 2.24. The van der Waals surface area contributed by atoms with E-state index in [1.54, 1.807) is 7.11 Å². The normalized spacial score (nSPS) is 12.4. The largest absolute Gasteiger partial charge is 0.465 e. The number of ether oxygens (including phenoxy) is 1. The van der Waals surface area contributed by atoms with Gasteiger partial charge in [0.05, 0.1) is 12.6 Å². The van der Waals surface area contributed by atoms with E-state index in [2.05, 4.69) is 17.4 Å². The lowest BCUT2D eigenvalue weighted by Crippen LogP contribution is -2.00. The van der Waals surface area contributed by atoms with Crippen LogP contribution in [0.1, 0.15) is 30.1 Å². The first kappa shape index (κ1) is 12.7. The van der Waals surface area contributed by atoms with Crippen LogP contribution in [0.4, 0.5) is 5.69 Å². The summed E-state index contributed by atoms with van der Waals surface area (Å²) in [7, 11) is 1.72. The third kappa shape index (κ3) is 3.14. The summed E-state index contributed by atoms with van der Waals surface area (Å²) < 4.78 is 10.8. The molecule has 1 N–H and O–H groups in total. The summed E-state index contributed by atoms with van der Waals surface area (Å²) in [5, 5.41) is 3.34. The Morgan fingerprint density at radius 3 is 2.78 bits per heavy atom. The zero-order valence-corrected chi connectivity index (χ0v) is 11.1. The second-order valence-electron chi connectivity index (χ2n) is 4.37. The first-order valence-electron chi connectivity index (χ1n) is 6.11. The smallest absolute Gasteiger partial charge is 0.123 e. The molecule has 0 bridgehead atoms. The van der Waals surface area contributed by atoms with Gasteiger partial charge in [-0.25, -0.2) is 0 Å². The SMILES string of the molecule is COC(C)c1cccc(NCc2ccc(C)o2)c1. The number of nitrogens with one attached hydrogen (secondary N) is 1. The number of hydrogen-bond donors (Lipinski definition) is 1. The fourth-order valence-corrected chi connectivity index (χ4v) is 1.81. The predicted octanol–water partition coefficient (Wildman–Crippen LogP) is 3.91. The van der Waals surface area contributed by atoms with Gasteiger partial charge in [-0.3, -0.25) is 0 Å². The van der Waals surface area contributed by atoms with E-state index in [9.17, 15) is 0 Å². The average Bonchev–Trinajstić information content (AvgIpc) is 2.81. The second-order valence-corrected chi connectivity index (χ2v) is 4.37. The molecule has 1 aromatic carbocycles. The van der Waals surface area contributed by atoms with Crippen LogP contribution in [0.2, 0.25) is 0 Å². The number of hydrogen-bond acceptors (Lipinski definition) is 3. The number of aryl methyl sites for hydroxylation is 1. The predicted molar refractivity (Wildman–Crippen MR) is 72.6 cm³/mol. The van der Waals surface area contributed by atoms with Crippen LogP contribution in [0.5, 0.6) is 0 Å². The van der Waals surface area contributed by atoms with Crippen LogP contribution < -0.4 is 5.32 Å². The van der Waals surface area contributed by atoms with Crippen molar-refractivity contribution < 1.29 is 9.15 Å². The molecule has 0 aliphatic rings. The van der Waals surface area contributed by atoms with Gasteiger partial charge >= 0.3 is 0 Å². The molecular weight excluding hydrogens is 226 g/mol. The van der Waals surface area contributed by atoms with Gasteiger partial charge in [-0.1, -0.05) is 12.1 Å². The number of benzene rings is 1. The Hall–Kier alpha value is -1.74. The van der Waals surface area contributed by atoms with Crippen molar-refractivity contribution in [2.45, 2.75) is 26.5 Å². The fraction of sp³-hybridized carbons (Fsp3) is 0.333. The molecule has 3 heteroatoms.